The summed E-state index contributed by atoms with van der Waals surface area (Å²) in [6, 6.07) is 26.7. The van der Waals surface area contributed by atoms with E-state index in [1.807, 2.05) is 6.07 Å². The average molecular weight is 635 g/mol. The zero-order valence-corrected chi connectivity index (χ0v) is 22.7. The summed E-state index contributed by atoms with van der Waals surface area (Å²) in [7, 11) is 0. The van der Waals surface area contributed by atoms with E-state index in [9.17, 15) is 4.79 Å². The monoisotopic (exact) mass is 635 g/mol. The minimum Gasteiger partial charge on any atom is -0.512 e. The van der Waals surface area contributed by atoms with E-state index >= 15 is 0 Å². The van der Waals surface area contributed by atoms with Gasteiger partial charge in [-0.1, -0.05) is 57.2 Å². The van der Waals surface area contributed by atoms with Gasteiger partial charge in [-0.25, -0.2) is 0 Å². The van der Waals surface area contributed by atoms with Gasteiger partial charge >= 0.3 is 0 Å². The van der Waals surface area contributed by atoms with Crippen molar-refractivity contribution in [1.82, 2.24) is 4.98 Å². The van der Waals surface area contributed by atoms with Crippen LogP contribution in [0.25, 0.3) is 31.9 Å². The molecule has 1 radical (unpaired) electrons. The summed E-state index contributed by atoms with van der Waals surface area (Å²) < 4.78 is 1.22. The maximum Gasteiger partial charge on any atom is 0.155 e. The minimum absolute atomic E-state index is 0. The SMILES string of the molecule is CC(=O)/C=C(/C)O.CC(C)(C)c1c[c-]c(-c2ccc3sc(-c4ccccc4)cc3n2)cc1.[Ir]. The van der Waals surface area contributed by atoms with E-state index in [0.29, 0.717) is 0 Å². The Morgan fingerprint density at radius 3 is 2.24 bits per heavy atom. The molecule has 2 heterocycles. The van der Waals surface area contributed by atoms with E-state index in [-0.39, 0.29) is 37.1 Å². The first-order valence-electron chi connectivity index (χ1n) is 10.5. The fourth-order valence-corrected chi connectivity index (χ4v) is 4.17. The molecule has 0 aliphatic rings. The van der Waals surface area contributed by atoms with Crippen molar-refractivity contribution in [2.45, 2.75) is 40.0 Å². The smallest absolute Gasteiger partial charge is 0.155 e. The van der Waals surface area contributed by atoms with Gasteiger partial charge in [-0.3, -0.25) is 9.78 Å². The first-order chi connectivity index (χ1) is 15.1. The van der Waals surface area contributed by atoms with Crippen molar-refractivity contribution in [2.24, 2.45) is 0 Å². The molecule has 0 aliphatic carbocycles. The molecule has 0 aliphatic heterocycles. The van der Waals surface area contributed by atoms with Crippen molar-refractivity contribution >= 4 is 27.3 Å². The second-order valence-corrected chi connectivity index (χ2v) is 9.78. The standard InChI is InChI=1S/C23H20NS.C5H8O2.Ir/c1-23(2,3)18-11-9-16(10-12-18)19-13-14-21-20(24-19)15-22(25-21)17-7-5-4-6-8-17;1-4(6)3-5(2)7;/h4-9,11-15H,1-3H3;3,6H,1-2H3;/q-1;;/b;4-3-;. The molecular formula is C28H28IrNO2S-. The van der Waals surface area contributed by atoms with Gasteiger partial charge in [0.05, 0.1) is 16.0 Å². The predicted octanol–water partition coefficient (Wildman–Crippen LogP) is 7.76. The summed E-state index contributed by atoms with van der Waals surface area (Å²) in [6.45, 7) is 9.50. The van der Waals surface area contributed by atoms with Crippen molar-refractivity contribution in [1.29, 1.82) is 0 Å². The number of aliphatic hydroxyl groups is 1. The molecule has 0 saturated carbocycles. The summed E-state index contributed by atoms with van der Waals surface area (Å²) in [5.74, 6) is -0.0625. The quantitative estimate of drug-likeness (QED) is 0.142. The fraction of sp³-hybridized carbons (Fsp3) is 0.214. The predicted molar refractivity (Wildman–Crippen MR) is 135 cm³/mol. The van der Waals surface area contributed by atoms with E-state index in [1.54, 1.807) is 11.3 Å². The number of pyridine rings is 1. The van der Waals surface area contributed by atoms with Crippen molar-refractivity contribution in [3.05, 3.63) is 90.2 Å². The molecule has 4 aromatic rings. The third-order valence-electron chi connectivity index (χ3n) is 4.80. The third kappa shape index (κ3) is 7.46. The molecule has 4 rings (SSSR count). The minimum atomic E-state index is -0.125. The van der Waals surface area contributed by atoms with Crippen LogP contribution in [0.2, 0.25) is 0 Å². The molecule has 173 valence electrons. The van der Waals surface area contributed by atoms with Crippen molar-refractivity contribution < 1.29 is 30.0 Å². The zero-order valence-electron chi connectivity index (χ0n) is 19.5. The molecule has 0 amide bonds. The van der Waals surface area contributed by atoms with Crippen LogP contribution in [-0.2, 0) is 30.3 Å². The van der Waals surface area contributed by atoms with Crippen LogP contribution in [-0.4, -0.2) is 15.9 Å². The molecule has 2 aromatic heterocycles. The van der Waals surface area contributed by atoms with Gasteiger partial charge in [-0.05, 0) is 42.7 Å². The number of thiophene rings is 1. The zero-order chi connectivity index (χ0) is 23.3. The molecule has 0 bridgehead atoms. The van der Waals surface area contributed by atoms with Gasteiger partial charge < -0.3 is 5.11 Å². The average Bonchev–Trinajstić information content (AvgIpc) is 3.17. The van der Waals surface area contributed by atoms with Gasteiger partial charge in [-0.2, -0.15) is 0 Å². The van der Waals surface area contributed by atoms with Crippen LogP contribution >= 0.6 is 11.3 Å². The number of hydrogen-bond donors (Lipinski definition) is 1. The number of nitrogens with zero attached hydrogens (tertiary/aromatic N) is 1. The normalized spacial score (nSPS) is 11.4. The number of allylic oxidation sites excluding steroid dienone is 2. The first-order valence-corrected chi connectivity index (χ1v) is 11.3. The van der Waals surface area contributed by atoms with Crippen molar-refractivity contribution in [3.63, 3.8) is 0 Å². The Bertz CT molecular complexity index is 1230. The van der Waals surface area contributed by atoms with Crippen molar-refractivity contribution in [3.8, 4) is 21.7 Å². The van der Waals surface area contributed by atoms with E-state index in [4.69, 9.17) is 10.1 Å². The number of fused-ring (bicyclic) bond motifs is 1. The number of hydrogen-bond acceptors (Lipinski definition) is 4. The summed E-state index contributed by atoms with van der Waals surface area (Å²) in [5.41, 5.74) is 5.75. The summed E-state index contributed by atoms with van der Waals surface area (Å²) in [6.07, 6.45) is 1.17. The maximum atomic E-state index is 10.0. The molecule has 0 spiro atoms. The number of rotatable bonds is 3. The largest absolute Gasteiger partial charge is 0.512 e. The van der Waals surface area contributed by atoms with Crippen molar-refractivity contribution in [2.75, 3.05) is 0 Å². The number of ketones is 1. The molecule has 2 aromatic carbocycles. The molecule has 0 fully saturated rings. The molecule has 3 nitrogen and oxygen atoms in total. The number of aromatic nitrogens is 1. The Balaban J connectivity index is 0.000000423. The number of benzene rings is 2. The summed E-state index contributed by atoms with van der Waals surface area (Å²) in [4.78, 5) is 16.1. The van der Waals surface area contributed by atoms with E-state index in [2.05, 4.69) is 87.5 Å². The van der Waals surface area contributed by atoms with E-state index in [0.717, 1.165) is 16.8 Å². The Morgan fingerprint density at radius 2 is 1.73 bits per heavy atom. The Hall–Kier alpha value is -2.59. The van der Waals surface area contributed by atoms with Gasteiger partial charge in [0.2, 0.25) is 0 Å². The summed E-state index contributed by atoms with van der Waals surface area (Å²) >= 11 is 1.79. The van der Waals surface area contributed by atoms with E-state index < -0.39 is 0 Å². The third-order valence-corrected chi connectivity index (χ3v) is 5.94. The first kappa shape index (κ1) is 26.7. The maximum absolute atomic E-state index is 10.0. The molecule has 0 saturated heterocycles. The summed E-state index contributed by atoms with van der Waals surface area (Å²) in [5, 5.41) is 8.36. The van der Waals surface area contributed by atoms with Gasteiger partial charge in [-0.15, -0.1) is 46.7 Å². The van der Waals surface area contributed by atoms with E-state index in [1.165, 1.54) is 40.6 Å². The molecule has 0 unspecified atom stereocenters. The molecule has 1 N–H and O–H groups in total. The Morgan fingerprint density at radius 1 is 1.03 bits per heavy atom. The number of carbonyl (C=O) groups is 1. The van der Waals surface area contributed by atoms with Gasteiger partial charge in [0.25, 0.3) is 0 Å². The Kier molecular flexibility index (Phi) is 9.30. The molecule has 33 heavy (non-hydrogen) atoms. The van der Waals surface area contributed by atoms with Gasteiger partial charge in [0.1, 0.15) is 0 Å². The molecular weight excluding hydrogens is 607 g/mol. The number of aliphatic hydroxyl groups excluding tert-OH is 1. The Labute approximate surface area is 213 Å². The van der Waals surface area contributed by atoms with Crippen LogP contribution in [0.15, 0.2) is 78.6 Å². The van der Waals surface area contributed by atoms with Crippen LogP contribution in [0, 0.1) is 6.07 Å². The molecule has 5 heteroatoms. The van der Waals surface area contributed by atoms with Gasteiger partial charge in [0.15, 0.2) is 5.78 Å². The number of carbonyl (C=O) groups excluding carboxylic acids is 1. The second-order valence-electron chi connectivity index (χ2n) is 8.69. The van der Waals surface area contributed by atoms with Crippen LogP contribution in [0.4, 0.5) is 0 Å². The topological polar surface area (TPSA) is 50.2 Å². The van der Waals surface area contributed by atoms with Crippen LogP contribution in [0.3, 0.4) is 0 Å². The molecule has 0 atom stereocenters. The van der Waals surface area contributed by atoms with Crippen LogP contribution in [0.1, 0.15) is 40.2 Å². The van der Waals surface area contributed by atoms with Crippen LogP contribution in [0.5, 0.6) is 0 Å². The van der Waals surface area contributed by atoms with Crippen LogP contribution < -0.4 is 0 Å². The van der Waals surface area contributed by atoms with Gasteiger partial charge in [0, 0.05) is 31.1 Å². The fourth-order valence-electron chi connectivity index (χ4n) is 3.16. The second kappa shape index (κ2) is 11.5.